The number of hydrogen-bond donors (Lipinski definition) is 0. The van der Waals surface area contributed by atoms with Crippen LogP contribution < -0.4 is 4.90 Å². The minimum absolute atomic E-state index is 0.0891. The van der Waals surface area contributed by atoms with E-state index in [9.17, 15) is 9.59 Å². The summed E-state index contributed by atoms with van der Waals surface area (Å²) in [5.41, 5.74) is 5.18. The van der Waals surface area contributed by atoms with Crippen LogP contribution in [0.1, 0.15) is 35.3 Å². The average Bonchev–Trinajstić information content (AvgIpc) is 2.73. The van der Waals surface area contributed by atoms with Crippen LogP contribution in [0.5, 0.6) is 0 Å². The third-order valence-corrected chi connectivity index (χ3v) is 4.76. The van der Waals surface area contributed by atoms with E-state index in [1.54, 1.807) is 17.9 Å². The first kappa shape index (κ1) is 20.3. The molecule has 0 aliphatic rings. The van der Waals surface area contributed by atoms with Crippen LogP contribution in [-0.2, 0) is 16.1 Å². The largest absolute Gasteiger partial charge is 0.462 e. The second-order valence-electron chi connectivity index (χ2n) is 6.90. The molecular weight excluding hydrogens is 362 g/mol. The van der Waals surface area contributed by atoms with E-state index in [0.29, 0.717) is 12.2 Å². The van der Waals surface area contributed by atoms with Crippen molar-refractivity contribution in [1.82, 2.24) is 0 Å². The molecule has 0 radical (unpaired) electrons. The Balaban J connectivity index is 2.04. The van der Waals surface area contributed by atoms with Crippen LogP contribution in [0.15, 0.2) is 72.8 Å². The van der Waals surface area contributed by atoms with E-state index in [4.69, 9.17) is 4.74 Å². The third kappa shape index (κ3) is 4.91. The second kappa shape index (κ2) is 9.20. The van der Waals surface area contributed by atoms with Crippen LogP contribution in [0.4, 0.5) is 5.69 Å². The van der Waals surface area contributed by atoms with Crippen LogP contribution in [0.25, 0.3) is 11.1 Å². The summed E-state index contributed by atoms with van der Waals surface area (Å²) < 4.78 is 5.24. The molecule has 3 aromatic carbocycles. The highest BCUT2D eigenvalue weighted by atomic mass is 16.5. The van der Waals surface area contributed by atoms with Gasteiger partial charge >= 0.3 is 5.97 Å². The zero-order valence-electron chi connectivity index (χ0n) is 17.0. The average molecular weight is 387 g/mol. The quantitative estimate of drug-likeness (QED) is 0.533. The molecule has 0 saturated heterocycles. The third-order valence-electron chi connectivity index (χ3n) is 4.76. The maximum absolute atomic E-state index is 12.5. The lowest BCUT2D eigenvalue weighted by atomic mass is 9.98. The van der Waals surface area contributed by atoms with Crippen LogP contribution >= 0.6 is 0 Å². The number of benzene rings is 3. The highest BCUT2D eigenvalue weighted by molar-refractivity contribution is 5.94. The van der Waals surface area contributed by atoms with Gasteiger partial charge in [0.1, 0.15) is 0 Å². The van der Waals surface area contributed by atoms with E-state index < -0.39 is 0 Å². The van der Waals surface area contributed by atoms with Gasteiger partial charge in [0.2, 0.25) is 5.91 Å². The number of ether oxygens (including phenoxy) is 1. The molecule has 0 aliphatic carbocycles. The number of anilines is 1. The summed E-state index contributed by atoms with van der Waals surface area (Å²) in [6.07, 6.45) is 0. The molecule has 0 unspecified atom stereocenters. The second-order valence-corrected chi connectivity index (χ2v) is 6.90. The summed E-state index contributed by atoms with van der Waals surface area (Å²) in [5, 5.41) is 0. The first-order valence-electron chi connectivity index (χ1n) is 9.70. The minimum atomic E-state index is -0.380. The highest BCUT2D eigenvalue weighted by Crippen LogP contribution is 2.26. The fourth-order valence-corrected chi connectivity index (χ4v) is 3.22. The van der Waals surface area contributed by atoms with Gasteiger partial charge in [-0.05, 0) is 54.8 Å². The van der Waals surface area contributed by atoms with Gasteiger partial charge in [-0.3, -0.25) is 4.79 Å². The summed E-state index contributed by atoms with van der Waals surface area (Å²) in [4.78, 5) is 26.6. The van der Waals surface area contributed by atoms with Gasteiger partial charge < -0.3 is 9.64 Å². The zero-order valence-corrected chi connectivity index (χ0v) is 17.0. The van der Waals surface area contributed by atoms with Crippen molar-refractivity contribution in [2.24, 2.45) is 0 Å². The van der Waals surface area contributed by atoms with Gasteiger partial charge in [0.25, 0.3) is 0 Å². The standard InChI is InChI=1S/C25H25NO3/c1-4-29-25(28)24-15-12-21(20-8-6-5-7-9-20)16-22(24)17-26(19(3)27)23-13-10-18(2)11-14-23/h5-16H,4,17H2,1-3H3. The fraction of sp³-hybridized carbons (Fsp3) is 0.200. The summed E-state index contributed by atoms with van der Waals surface area (Å²) >= 11 is 0. The smallest absolute Gasteiger partial charge is 0.338 e. The van der Waals surface area contributed by atoms with Crippen LogP contribution in [0.2, 0.25) is 0 Å². The molecule has 0 atom stereocenters. The van der Waals surface area contributed by atoms with E-state index in [-0.39, 0.29) is 18.4 Å². The van der Waals surface area contributed by atoms with Crippen molar-refractivity contribution < 1.29 is 14.3 Å². The number of carbonyl (C=O) groups is 2. The molecule has 0 aromatic heterocycles. The van der Waals surface area contributed by atoms with Crippen molar-refractivity contribution in [3.05, 3.63) is 89.5 Å². The molecule has 0 heterocycles. The Bertz CT molecular complexity index is 994. The monoisotopic (exact) mass is 387 g/mol. The molecule has 1 amide bonds. The number of esters is 1. The van der Waals surface area contributed by atoms with Crippen molar-refractivity contribution in [3.63, 3.8) is 0 Å². The van der Waals surface area contributed by atoms with Crippen molar-refractivity contribution in [2.45, 2.75) is 27.3 Å². The number of amides is 1. The molecular formula is C25H25NO3. The van der Waals surface area contributed by atoms with Gasteiger partial charge in [-0.2, -0.15) is 0 Å². The van der Waals surface area contributed by atoms with E-state index in [0.717, 1.165) is 27.9 Å². The summed E-state index contributed by atoms with van der Waals surface area (Å²) in [7, 11) is 0. The van der Waals surface area contributed by atoms with Gasteiger partial charge in [-0.1, -0.05) is 54.1 Å². The van der Waals surface area contributed by atoms with Crippen molar-refractivity contribution in [2.75, 3.05) is 11.5 Å². The Kier molecular flexibility index (Phi) is 6.45. The number of hydrogen-bond acceptors (Lipinski definition) is 3. The topological polar surface area (TPSA) is 46.6 Å². The predicted molar refractivity (Wildman–Crippen MR) is 116 cm³/mol. The summed E-state index contributed by atoms with van der Waals surface area (Å²) in [6.45, 7) is 5.90. The molecule has 0 fully saturated rings. The number of nitrogens with zero attached hydrogens (tertiary/aromatic N) is 1. The van der Waals surface area contributed by atoms with Gasteiger partial charge in [0, 0.05) is 12.6 Å². The Morgan fingerprint density at radius 2 is 1.59 bits per heavy atom. The summed E-state index contributed by atoms with van der Waals surface area (Å²) in [5.74, 6) is -0.469. The molecule has 0 saturated carbocycles. The number of carbonyl (C=O) groups excluding carboxylic acids is 2. The molecule has 148 valence electrons. The van der Waals surface area contributed by atoms with Crippen molar-refractivity contribution in [1.29, 1.82) is 0 Å². The molecule has 4 nitrogen and oxygen atoms in total. The van der Waals surface area contributed by atoms with E-state index in [1.165, 1.54) is 6.92 Å². The molecule has 29 heavy (non-hydrogen) atoms. The maximum atomic E-state index is 12.5. The Hall–Kier alpha value is -3.40. The van der Waals surface area contributed by atoms with E-state index in [1.807, 2.05) is 73.7 Å². The van der Waals surface area contributed by atoms with Crippen LogP contribution in [0.3, 0.4) is 0 Å². The SMILES string of the molecule is CCOC(=O)c1ccc(-c2ccccc2)cc1CN(C(C)=O)c1ccc(C)cc1. The fourth-order valence-electron chi connectivity index (χ4n) is 3.22. The Morgan fingerprint density at radius 3 is 2.21 bits per heavy atom. The van der Waals surface area contributed by atoms with Crippen molar-refractivity contribution in [3.8, 4) is 11.1 Å². The molecule has 3 aromatic rings. The lowest BCUT2D eigenvalue weighted by Crippen LogP contribution is -2.28. The number of aryl methyl sites for hydroxylation is 1. The molecule has 0 bridgehead atoms. The highest BCUT2D eigenvalue weighted by Gasteiger charge is 2.19. The van der Waals surface area contributed by atoms with Gasteiger partial charge in [0.05, 0.1) is 18.7 Å². The minimum Gasteiger partial charge on any atom is -0.462 e. The summed E-state index contributed by atoms with van der Waals surface area (Å²) in [6, 6.07) is 23.4. The van der Waals surface area contributed by atoms with Gasteiger partial charge in [0.15, 0.2) is 0 Å². The van der Waals surface area contributed by atoms with Crippen LogP contribution in [0, 0.1) is 6.92 Å². The van der Waals surface area contributed by atoms with E-state index in [2.05, 4.69) is 0 Å². The maximum Gasteiger partial charge on any atom is 0.338 e. The Labute approximate surface area is 171 Å². The lowest BCUT2D eigenvalue weighted by molar-refractivity contribution is -0.116. The molecule has 0 spiro atoms. The first-order chi connectivity index (χ1) is 14.0. The van der Waals surface area contributed by atoms with Crippen LogP contribution in [-0.4, -0.2) is 18.5 Å². The first-order valence-corrected chi connectivity index (χ1v) is 9.70. The normalized spacial score (nSPS) is 10.4. The van der Waals surface area contributed by atoms with Gasteiger partial charge in [-0.15, -0.1) is 0 Å². The lowest BCUT2D eigenvalue weighted by Gasteiger charge is -2.23. The number of rotatable bonds is 6. The molecule has 4 heteroatoms. The molecule has 3 rings (SSSR count). The molecule has 0 N–H and O–H groups in total. The zero-order chi connectivity index (χ0) is 20.8. The predicted octanol–water partition coefficient (Wildman–Crippen LogP) is 5.39. The van der Waals surface area contributed by atoms with Crippen molar-refractivity contribution >= 4 is 17.6 Å². The van der Waals surface area contributed by atoms with Gasteiger partial charge in [-0.25, -0.2) is 4.79 Å². The molecule has 0 aliphatic heterocycles. The van der Waals surface area contributed by atoms with E-state index >= 15 is 0 Å². The Morgan fingerprint density at radius 1 is 0.897 bits per heavy atom.